The van der Waals surface area contributed by atoms with Gasteiger partial charge in [-0.25, -0.2) is 0 Å². The molecule has 0 aromatic carbocycles. The maximum Gasteiger partial charge on any atom is -0.00183 e. The molecule has 0 unspecified atom stereocenters. The topological polar surface area (TPSA) is 18.5 Å². The molecule has 0 saturated carbocycles. The molecular weight excluding hydrogens is 258 g/mol. The van der Waals surface area contributed by atoms with E-state index in [-0.39, 0.29) is 0 Å². The Morgan fingerprint density at radius 1 is 0.524 bits per heavy atom. The van der Waals surface area contributed by atoms with E-state index in [0.29, 0.717) is 0 Å². The molecule has 2 rings (SSSR count). The van der Waals surface area contributed by atoms with Crippen LogP contribution < -0.4 is 5.32 Å². The molecule has 0 atom stereocenters. The van der Waals surface area contributed by atoms with Crippen LogP contribution in [0.2, 0.25) is 0 Å². The summed E-state index contributed by atoms with van der Waals surface area (Å²) in [5, 5.41) is 3.62. The van der Waals surface area contributed by atoms with E-state index < -0.39 is 0 Å². The van der Waals surface area contributed by atoms with Crippen molar-refractivity contribution < 1.29 is 0 Å². The first kappa shape index (κ1) is 17.2. The van der Waals surface area contributed by atoms with Crippen LogP contribution >= 0.6 is 0 Å². The molecule has 2 fully saturated rings. The van der Waals surface area contributed by atoms with Gasteiger partial charge in [0.2, 0.25) is 0 Å². The van der Waals surface area contributed by atoms with Crippen molar-refractivity contribution in [2.75, 3.05) is 52.4 Å². The first-order valence-electron chi connectivity index (χ1n) is 9.60. The molecule has 3 nitrogen and oxygen atoms in total. The molecular formula is C18H37N3. The van der Waals surface area contributed by atoms with Crippen molar-refractivity contribution in [2.24, 2.45) is 0 Å². The van der Waals surface area contributed by atoms with E-state index in [9.17, 15) is 0 Å². The summed E-state index contributed by atoms with van der Waals surface area (Å²) in [7, 11) is 0. The standard InChI is InChI=1S/C18H37N3/c1-5-13-20(14-6-1)17-9-3-11-19-12-4-10-18-21-15-7-2-8-16-21/h19H,1-18H2. The Kier molecular flexibility index (Phi) is 9.40. The predicted octanol–water partition coefficient (Wildman–Crippen LogP) is 3.11. The molecule has 2 aliphatic heterocycles. The molecule has 0 amide bonds. The molecule has 3 heteroatoms. The van der Waals surface area contributed by atoms with Gasteiger partial charge in [-0.15, -0.1) is 0 Å². The SMILES string of the molecule is C1CCN(CCCCNCCCCN2CCCCC2)CC1. The number of likely N-dealkylation sites (tertiary alicyclic amines) is 2. The monoisotopic (exact) mass is 295 g/mol. The Bertz CT molecular complexity index is 209. The molecule has 0 radical (unpaired) electrons. The van der Waals surface area contributed by atoms with Crippen LogP contribution in [0.1, 0.15) is 64.2 Å². The van der Waals surface area contributed by atoms with Crippen molar-refractivity contribution in [3.63, 3.8) is 0 Å². The second-order valence-electron chi connectivity index (χ2n) is 6.97. The minimum Gasteiger partial charge on any atom is -0.317 e. The molecule has 0 spiro atoms. The average molecular weight is 296 g/mol. The number of hydrogen-bond acceptors (Lipinski definition) is 3. The van der Waals surface area contributed by atoms with Gasteiger partial charge in [0, 0.05) is 0 Å². The van der Waals surface area contributed by atoms with E-state index in [1.807, 2.05) is 0 Å². The van der Waals surface area contributed by atoms with Gasteiger partial charge in [-0.3, -0.25) is 0 Å². The average Bonchev–Trinajstić information content (AvgIpc) is 2.55. The maximum atomic E-state index is 3.62. The quantitative estimate of drug-likeness (QED) is 0.625. The highest BCUT2D eigenvalue weighted by molar-refractivity contribution is 4.65. The summed E-state index contributed by atoms with van der Waals surface area (Å²) >= 11 is 0. The van der Waals surface area contributed by atoms with Gasteiger partial charge < -0.3 is 15.1 Å². The molecule has 0 aromatic heterocycles. The zero-order valence-corrected chi connectivity index (χ0v) is 14.1. The Morgan fingerprint density at radius 2 is 0.952 bits per heavy atom. The third kappa shape index (κ3) is 8.18. The van der Waals surface area contributed by atoms with Gasteiger partial charge in [0.05, 0.1) is 0 Å². The van der Waals surface area contributed by atoms with Gasteiger partial charge in [-0.2, -0.15) is 0 Å². The second kappa shape index (κ2) is 11.4. The Morgan fingerprint density at radius 3 is 1.38 bits per heavy atom. The van der Waals surface area contributed by atoms with E-state index in [4.69, 9.17) is 0 Å². The lowest BCUT2D eigenvalue weighted by atomic mass is 10.1. The van der Waals surface area contributed by atoms with E-state index in [1.54, 1.807) is 0 Å². The van der Waals surface area contributed by atoms with Gasteiger partial charge in [0.25, 0.3) is 0 Å². The van der Waals surface area contributed by atoms with Gasteiger partial charge in [0.1, 0.15) is 0 Å². The van der Waals surface area contributed by atoms with E-state index >= 15 is 0 Å². The molecule has 2 aliphatic rings. The number of nitrogens with one attached hydrogen (secondary N) is 1. The van der Waals surface area contributed by atoms with E-state index in [1.165, 1.54) is 117 Å². The van der Waals surface area contributed by atoms with Crippen LogP contribution in [-0.4, -0.2) is 62.2 Å². The molecule has 2 heterocycles. The second-order valence-corrected chi connectivity index (χ2v) is 6.97. The van der Waals surface area contributed by atoms with Crippen LogP contribution in [-0.2, 0) is 0 Å². The highest BCUT2D eigenvalue weighted by atomic mass is 15.1. The normalized spacial score (nSPS) is 21.7. The molecule has 124 valence electrons. The van der Waals surface area contributed by atoms with Crippen molar-refractivity contribution in [1.82, 2.24) is 15.1 Å². The van der Waals surface area contributed by atoms with Gasteiger partial charge in [0.15, 0.2) is 0 Å². The van der Waals surface area contributed by atoms with E-state index in [2.05, 4.69) is 15.1 Å². The maximum absolute atomic E-state index is 3.62. The van der Waals surface area contributed by atoms with Crippen LogP contribution in [0.5, 0.6) is 0 Å². The number of unbranched alkanes of at least 4 members (excludes halogenated alkanes) is 2. The van der Waals surface area contributed by atoms with Crippen molar-refractivity contribution in [2.45, 2.75) is 64.2 Å². The lowest BCUT2D eigenvalue weighted by molar-refractivity contribution is 0.223. The third-order valence-corrected chi connectivity index (χ3v) is 5.05. The van der Waals surface area contributed by atoms with Crippen molar-refractivity contribution in [3.8, 4) is 0 Å². The summed E-state index contributed by atoms with van der Waals surface area (Å²) in [5.41, 5.74) is 0. The number of piperidine rings is 2. The summed E-state index contributed by atoms with van der Waals surface area (Å²) in [6.45, 7) is 10.5. The minimum absolute atomic E-state index is 1.22. The summed E-state index contributed by atoms with van der Waals surface area (Å²) in [5.74, 6) is 0. The molecule has 1 N–H and O–H groups in total. The summed E-state index contributed by atoms with van der Waals surface area (Å²) in [6.07, 6.45) is 14.1. The third-order valence-electron chi connectivity index (χ3n) is 5.05. The molecule has 2 saturated heterocycles. The minimum atomic E-state index is 1.22. The fraction of sp³-hybridized carbons (Fsp3) is 1.00. The van der Waals surface area contributed by atoms with Crippen molar-refractivity contribution in [1.29, 1.82) is 0 Å². The summed E-state index contributed by atoms with van der Waals surface area (Å²) < 4.78 is 0. The fourth-order valence-corrected chi connectivity index (χ4v) is 3.66. The molecule has 21 heavy (non-hydrogen) atoms. The Balaban J connectivity index is 1.30. The summed E-state index contributed by atoms with van der Waals surface area (Å²) in [6, 6.07) is 0. The van der Waals surface area contributed by atoms with Gasteiger partial charge in [-0.1, -0.05) is 12.8 Å². The first-order valence-corrected chi connectivity index (χ1v) is 9.60. The zero-order chi connectivity index (χ0) is 14.6. The number of rotatable bonds is 10. The molecule has 0 aliphatic carbocycles. The van der Waals surface area contributed by atoms with Crippen LogP contribution in [0.3, 0.4) is 0 Å². The van der Waals surface area contributed by atoms with Crippen LogP contribution in [0.15, 0.2) is 0 Å². The zero-order valence-electron chi connectivity index (χ0n) is 14.1. The summed E-state index contributed by atoms with van der Waals surface area (Å²) in [4.78, 5) is 5.31. The highest BCUT2D eigenvalue weighted by Gasteiger charge is 2.09. The smallest absolute Gasteiger partial charge is 0.00183 e. The number of nitrogens with zero attached hydrogens (tertiary/aromatic N) is 2. The lowest BCUT2D eigenvalue weighted by Gasteiger charge is -2.26. The lowest BCUT2D eigenvalue weighted by Crippen LogP contribution is -2.31. The Labute approximate surface area is 132 Å². The van der Waals surface area contributed by atoms with Crippen LogP contribution in [0.4, 0.5) is 0 Å². The highest BCUT2D eigenvalue weighted by Crippen LogP contribution is 2.10. The molecule has 0 bridgehead atoms. The van der Waals surface area contributed by atoms with Gasteiger partial charge >= 0.3 is 0 Å². The first-order chi connectivity index (χ1) is 10.4. The number of hydrogen-bond donors (Lipinski definition) is 1. The van der Waals surface area contributed by atoms with E-state index in [0.717, 1.165) is 0 Å². The Hall–Kier alpha value is -0.120. The largest absolute Gasteiger partial charge is 0.317 e. The van der Waals surface area contributed by atoms with Crippen LogP contribution in [0, 0.1) is 0 Å². The van der Waals surface area contributed by atoms with Gasteiger partial charge in [-0.05, 0) is 104 Å². The van der Waals surface area contributed by atoms with Crippen molar-refractivity contribution >= 4 is 0 Å². The molecule has 0 aromatic rings. The van der Waals surface area contributed by atoms with Crippen molar-refractivity contribution in [3.05, 3.63) is 0 Å². The van der Waals surface area contributed by atoms with Crippen LogP contribution in [0.25, 0.3) is 0 Å². The predicted molar refractivity (Wildman–Crippen MR) is 91.9 cm³/mol. The fourth-order valence-electron chi connectivity index (χ4n) is 3.66.